The highest BCUT2D eigenvalue weighted by atomic mass is 79.9. The summed E-state index contributed by atoms with van der Waals surface area (Å²) in [6.45, 7) is 1.64. The maximum Gasteiger partial charge on any atom is 0.230 e. The highest BCUT2D eigenvalue weighted by Gasteiger charge is 2.20. The van der Waals surface area contributed by atoms with Gasteiger partial charge in [-0.15, -0.1) is 0 Å². The maximum atomic E-state index is 13.7. The van der Waals surface area contributed by atoms with Crippen LogP contribution < -0.4 is 10.5 Å². The highest BCUT2D eigenvalue weighted by Crippen LogP contribution is 2.42. The lowest BCUT2D eigenvalue weighted by atomic mass is 10.0. The molecule has 17 heavy (non-hydrogen) atoms. The van der Waals surface area contributed by atoms with Crippen molar-refractivity contribution in [2.75, 3.05) is 12.8 Å². The minimum atomic E-state index is -0.353. The number of benzene rings is 1. The van der Waals surface area contributed by atoms with E-state index in [1.165, 1.54) is 19.4 Å². The minimum Gasteiger partial charge on any atom is -0.495 e. The van der Waals surface area contributed by atoms with E-state index in [0.717, 1.165) is 0 Å². The molecule has 0 bridgehead atoms. The van der Waals surface area contributed by atoms with Crippen molar-refractivity contribution in [2.45, 2.75) is 6.92 Å². The normalized spacial score (nSPS) is 10.6. The van der Waals surface area contributed by atoms with Gasteiger partial charge in [-0.1, -0.05) is 5.16 Å². The summed E-state index contributed by atoms with van der Waals surface area (Å²) in [6.07, 6.45) is 1.44. The van der Waals surface area contributed by atoms with E-state index in [9.17, 15) is 4.39 Å². The molecule has 0 radical (unpaired) electrons. The van der Waals surface area contributed by atoms with Crippen LogP contribution in [0.25, 0.3) is 11.1 Å². The second-order valence-electron chi connectivity index (χ2n) is 3.48. The highest BCUT2D eigenvalue weighted by molar-refractivity contribution is 9.10. The van der Waals surface area contributed by atoms with Crippen molar-refractivity contribution in [1.29, 1.82) is 0 Å². The average Bonchev–Trinajstić information content (AvgIpc) is 2.69. The molecule has 2 aromatic rings. The Bertz CT molecular complexity index is 569. The SMILES string of the molecule is COc1c(Br)cc(F)c(C)c1-c1cnoc1N. The standard InChI is InChI=1S/C11H10BrFN2O2/c1-5-8(13)3-7(12)10(16-2)9(5)6-4-15-17-11(6)14/h3-4H,14H2,1-2H3. The van der Waals surface area contributed by atoms with Gasteiger partial charge in [-0.2, -0.15) is 0 Å². The molecule has 0 aliphatic carbocycles. The third kappa shape index (κ3) is 1.88. The van der Waals surface area contributed by atoms with E-state index in [-0.39, 0.29) is 11.7 Å². The number of hydrogen-bond donors (Lipinski definition) is 1. The number of nitrogen functional groups attached to an aromatic ring is 1. The van der Waals surface area contributed by atoms with Crippen molar-refractivity contribution in [3.05, 3.63) is 28.1 Å². The molecule has 90 valence electrons. The van der Waals surface area contributed by atoms with Crippen molar-refractivity contribution >= 4 is 21.8 Å². The molecular weight excluding hydrogens is 291 g/mol. The van der Waals surface area contributed by atoms with Gasteiger partial charge in [-0.3, -0.25) is 0 Å². The molecule has 0 fully saturated rings. The van der Waals surface area contributed by atoms with E-state index < -0.39 is 0 Å². The molecule has 2 N–H and O–H groups in total. The third-order valence-electron chi connectivity index (χ3n) is 2.50. The largest absolute Gasteiger partial charge is 0.495 e. The summed E-state index contributed by atoms with van der Waals surface area (Å²) in [5.41, 5.74) is 7.13. The monoisotopic (exact) mass is 300 g/mol. The summed E-state index contributed by atoms with van der Waals surface area (Å²) in [4.78, 5) is 0. The lowest BCUT2D eigenvalue weighted by molar-refractivity contribution is 0.412. The fourth-order valence-electron chi connectivity index (χ4n) is 1.65. The van der Waals surface area contributed by atoms with Crippen LogP contribution in [0.2, 0.25) is 0 Å². The summed E-state index contributed by atoms with van der Waals surface area (Å²) in [6, 6.07) is 1.35. The van der Waals surface area contributed by atoms with Crippen LogP contribution in [0.15, 0.2) is 21.3 Å². The zero-order valence-corrected chi connectivity index (χ0v) is 10.8. The average molecular weight is 301 g/mol. The van der Waals surface area contributed by atoms with E-state index >= 15 is 0 Å². The van der Waals surface area contributed by atoms with E-state index in [0.29, 0.717) is 26.9 Å². The zero-order valence-electron chi connectivity index (χ0n) is 9.25. The topological polar surface area (TPSA) is 61.3 Å². The number of hydrogen-bond acceptors (Lipinski definition) is 4. The Labute approximate surface area is 106 Å². The Hall–Kier alpha value is -1.56. The van der Waals surface area contributed by atoms with E-state index in [1.54, 1.807) is 6.92 Å². The zero-order chi connectivity index (χ0) is 12.6. The predicted molar refractivity (Wildman–Crippen MR) is 65.3 cm³/mol. The van der Waals surface area contributed by atoms with Crippen LogP contribution >= 0.6 is 15.9 Å². The van der Waals surface area contributed by atoms with Gasteiger partial charge in [0.25, 0.3) is 0 Å². The lowest BCUT2D eigenvalue weighted by Gasteiger charge is -2.13. The van der Waals surface area contributed by atoms with Crippen LogP contribution in [0.1, 0.15) is 5.56 Å². The van der Waals surface area contributed by atoms with Crippen molar-refractivity contribution in [1.82, 2.24) is 5.16 Å². The Morgan fingerprint density at radius 2 is 2.24 bits per heavy atom. The van der Waals surface area contributed by atoms with Gasteiger partial charge in [-0.25, -0.2) is 4.39 Å². The van der Waals surface area contributed by atoms with Gasteiger partial charge in [0, 0.05) is 5.56 Å². The molecule has 0 aliphatic rings. The van der Waals surface area contributed by atoms with Crippen LogP contribution in [-0.2, 0) is 0 Å². The molecule has 0 saturated carbocycles. The molecule has 0 spiro atoms. The molecule has 2 rings (SSSR count). The van der Waals surface area contributed by atoms with Gasteiger partial charge in [0.05, 0.1) is 23.3 Å². The molecule has 0 atom stereocenters. The first-order valence-electron chi connectivity index (χ1n) is 4.79. The molecule has 6 heteroatoms. The number of nitrogens with two attached hydrogens (primary N) is 1. The smallest absolute Gasteiger partial charge is 0.230 e. The van der Waals surface area contributed by atoms with Crippen LogP contribution in [0.5, 0.6) is 5.75 Å². The van der Waals surface area contributed by atoms with E-state index in [1.807, 2.05) is 0 Å². The first kappa shape index (κ1) is 11.9. The van der Waals surface area contributed by atoms with Gasteiger partial charge in [0.15, 0.2) is 0 Å². The molecule has 1 aromatic carbocycles. The van der Waals surface area contributed by atoms with Crippen molar-refractivity contribution in [2.24, 2.45) is 0 Å². The fourth-order valence-corrected chi connectivity index (χ4v) is 2.22. The second-order valence-corrected chi connectivity index (χ2v) is 4.33. The molecular formula is C11H10BrFN2O2. The second kappa shape index (κ2) is 4.37. The summed E-state index contributed by atoms with van der Waals surface area (Å²) in [5.74, 6) is 0.274. The van der Waals surface area contributed by atoms with Crippen molar-refractivity contribution < 1.29 is 13.7 Å². The number of ether oxygens (including phenoxy) is 1. The fraction of sp³-hybridized carbons (Fsp3) is 0.182. The third-order valence-corrected chi connectivity index (χ3v) is 3.09. The van der Waals surface area contributed by atoms with Gasteiger partial charge in [-0.05, 0) is 34.5 Å². The van der Waals surface area contributed by atoms with Crippen LogP contribution in [-0.4, -0.2) is 12.3 Å². The number of anilines is 1. The van der Waals surface area contributed by atoms with Crippen molar-refractivity contribution in [3.8, 4) is 16.9 Å². The molecule has 0 amide bonds. The molecule has 0 aliphatic heterocycles. The molecule has 1 aromatic heterocycles. The number of rotatable bonds is 2. The summed E-state index contributed by atoms with van der Waals surface area (Å²) < 4.78 is 24.3. The van der Waals surface area contributed by atoms with E-state index in [2.05, 4.69) is 21.1 Å². The van der Waals surface area contributed by atoms with Crippen molar-refractivity contribution in [3.63, 3.8) is 0 Å². The Kier molecular flexibility index (Phi) is 3.06. The maximum absolute atomic E-state index is 13.7. The van der Waals surface area contributed by atoms with Crippen LogP contribution in [0.4, 0.5) is 10.3 Å². The van der Waals surface area contributed by atoms with Crippen LogP contribution in [0, 0.1) is 12.7 Å². The summed E-state index contributed by atoms with van der Waals surface area (Å²) in [7, 11) is 1.50. The van der Waals surface area contributed by atoms with Gasteiger partial charge in [0.2, 0.25) is 5.88 Å². The Morgan fingerprint density at radius 3 is 2.76 bits per heavy atom. The Balaban J connectivity index is 2.80. The Morgan fingerprint density at radius 1 is 1.53 bits per heavy atom. The van der Waals surface area contributed by atoms with Crippen LogP contribution in [0.3, 0.4) is 0 Å². The first-order valence-corrected chi connectivity index (χ1v) is 5.58. The molecule has 0 saturated heterocycles. The molecule has 0 unspecified atom stereocenters. The van der Waals surface area contributed by atoms with Gasteiger partial charge in [0.1, 0.15) is 11.6 Å². The molecule has 1 heterocycles. The first-order chi connectivity index (χ1) is 8.06. The van der Waals surface area contributed by atoms with Gasteiger partial charge < -0.3 is 15.0 Å². The van der Waals surface area contributed by atoms with E-state index in [4.69, 9.17) is 15.0 Å². The number of nitrogens with zero attached hydrogens (tertiary/aromatic N) is 1. The number of halogens is 2. The van der Waals surface area contributed by atoms with Gasteiger partial charge >= 0.3 is 0 Å². The summed E-state index contributed by atoms with van der Waals surface area (Å²) in [5, 5.41) is 3.58. The number of methoxy groups -OCH3 is 1. The molecule has 4 nitrogen and oxygen atoms in total. The number of aromatic nitrogens is 1. The quantitative estimate of drug-likeness (QED) is 0.925. The lowest BCUT2D eigenvalue weighted by Crippen LogP contribution is -1.97. The predicted octanol–water partition coefficient (Wildman–Crippen LogP) is 3.14. The summed E-state index contributed by atoms with van der Waals surface area (Å²) >= 11 is 3.25. The minimum absolute atomic E-state index is 0.129.